The number of carbonyl (C=O) groups is 2. The van der Waals surface area contributed by atoms with Crippen LogP contribution in [0.25, 0.3) is 10.9 Å². The van der Waals surface area contributed by atoms with Crippen LogP contribution in [0.15, 0.2) is 30.5 Å². The summed E-state index contributed by atoms with van der Waals surface area (Å²) in [5.74, 6) is -0.183. The number of anilines is 2. The van der Waals surface area contributed by atoms with Gasteiger partial charge in [0, 0.05) is 18.0 Å². The lowest BCUT2D eigenvalue weighted by Crippen LogP contribution is -2.20. The van der Waals surface area contributed by atoms with E-state index in [1.165, 1.54) is 17.9 Å². The number of aromatic nitrogens is 4. The smallest absolute Gasteiger partial charge is 0.248 e. The second kappa shape index (κ2) is 5.91. The van der Waals surface area contributed by atoms with Crippen LogP contribution in [-0.2, 0) is 16.1 Å². The van der Waals surface area contributed by atoms with Gasteiger partial charge in [0.15, 0.2) is 5.82 Å². The molecule has 0 radical (unpaired) electrons. The lowest BCUT2D eigenvalue weighted by atomic mass is 10.2. The van der Waals surface area contributed by atoms with Crippen LogP contribution >= 0.6 is 0 Å². The van der Waals surface area contributed by atoms with Crippen molar-refractivity contribution in [3.8, 4) is 0 Å². The average molecular weight is 312 g/mol. The Morgan fingerprint density at radius 1 is 1.30 bits per heavy atom. The normalized spacial score (nSPS) is 10.7. The molecule has 0 aliphatic carbocycles. The predicted molar refractivity (Wildman–Crippen MR) is 86.0 cm³/mol. The zero-order valence-electron chi connectivity index (χ0n) is 12.8. The van der Waals surface area contributed by atoms with E-state index in [0.717, 1.165) is 16.6 Å². The van der Waals surface area contributed by atoms with E-state index in [4.69, 9.17) is 0 Å². The van der Waals surface area contributed by atoms with Gasteiger partial charge in [0.2, 0.25) is 11.8 Å². The molecule has 1 aromatic carbocycles. The summed E-state index contributed by atoms with van der Waals surface area (Å²) in [7, 11) is 0. The molecule has 8 heteroatoms. The van der Waals surface area contributed by atoms with Crippen LogP contribution in [-0.4, -0.2) is 31.8 Å². The fourth-order valence-electron chi connectivity index (χ4n) is 2.33. The molecule has 0 aliphatic rings. The van der Waals surface area contributed by atoms with Crippen molar-refractivity contribution in [1.29, 1.82) is 0 Å². The minimum atomic E-state index is -0.255. The van der Waals surface area contributed by atoms with Crippen LogP contribution in [0.1, 0.15) is 12.6 Å². The Balaban J connectivity index is 1.71. The summed E-state index contributed by atoms with van der Waals surface area (Å²) in [5, 5.41) is 14.3. The first kappa shape index (κ1) is 14.8. The standard InChI is InChI=1S/C15H16N6O2/c1-9-6-11-4-3-5-12(15(11)17-9)19-14(23)8-21-16-7-13(20-21)18-10(2)22/h3-7,17H,8H2,1-2H3,(H,19,23)(H,18,20,22). The van der Waals surface area contributed by atoms with E-state index in [1.807, 2.05) is 31.2 Å². The van der Waals surface area contributed by atoms with Crippen molar-refractivity contribution in [1.82, 2.24) is 20.0 Å². The van der Waals surface area contributed by atoms with Crippen molar-refractivity contribution in [2.45, 2.75) is 20.4 Å². The molecule has 23 heavy (non-hydrogen) atoms. The molecule has 2 amide bonds. The molecule has 3 rings (SSSR count). The first-order chi connectivity index (χ1) is 11.0. The molecular formula is C15H16N6O2. The SMILES string of the molecule is CC(=O)Nc1cnn(CC(=O)Nc2cccc3cc(C)[nH]c23)n1. The average Bonchev–Trinajstić information content (AvgIpc) is 3.04. The van der Waals surface area contributed by atoms with Gasteiger partial charge in [-0.1, -0.05) is 12.1 Å². The zero-order chi connectivity index (χ0) is 16.4. The topological polar surface area (TPSA) is 105 Å². The molecule has 2 heterocycles. The van der Waals surface area contributed by atoms with Gasteiger partial charge in [0.1, 0.15) is 6.54 Å². The lowest BCUT2D eigenvalue weighted by Gasteiger charge is -2.06. The van der Waals surface area contributed by atoms with Crippen molar-refractivity contribution in [3.63, 3.8) is 0 Å². The van der Waals surface area contributed by atoms with Crippen LogP contribution in [0.2, 0.25) is 0 Å². The van der Waals surface area contributed by atoms with Crippen molar-refractivity contribution in [2.75, 3.05) is 10.6 Å². The van der Waals surface area contributed by atoms with Gasteiger partial charge in [-0.05, 0) is 19.1 Å². The molecule has 0 bridgehead atoms. The highest BCUT2D eigenvalue weighted by Crippen LogP contribution is 2.23. The van der Waals surface area contributed by atoms with Crippen LogP contribution in [0.3, 0.4) is 0 Å². The summed E-state index contributed by atoms with van der Waals surface area (Å²) in [6.45, 7) is 3.29. The Morgan fingerprint density at radius 3 is 2.91 bits per heavy atom. The van der Waals surface area contributed by atoms with Gasteiger partial charge in [-0.25, -0.2) is 0 Å². The molecule has 118 valence electrons. The van der Waals surface area contributed by atoms with Crippen molar-refractivity contribution in [3.05, 3.63) is 36.2 Å². The van der Waals surface area contributed by atoms with Gasteiger partial charge in [-0.15, -0.1) is 5.10 Å². The van der Waals surface area contributed by atoms with Crippen LogP contribution in [0.5, 0.6) is 0 Å². The number of nitrogens with one attached hydrogen (secondary N) is 3. The van der Waals surface area contributed by atoms with E-state index in [0.29, 0.717) is 11.5 Å². The number of hydrogen-bond donors (Lipinski definition) is 3. The number of aromatic amines is 1. The molecule has 2 aromatic heterocycles. The fraction of sp³-hybridized carbons (Fsp3) is 0.200. The highest BCUT2D eigenvalue weighted by atomic mass is 16.2. The van der Waals surface area contributed by atoms with Crippen molar-refractivity contribution >= 4 is 34.2 Å². The van der Waals surface area contributed by atoms with Gasteiger partial charge < -0.3 is 15.6 Å². The second-order valence-electron chi connectivity index (χ2n) is 5.21. The maximum atomic E-state index is 12.2. The predicted octanol–water partition coefficient (Wildman–Crippen LogP) is 1.66. The number of amides is 2. The monoisotopic (exact) mass is 312 g/mol. The van der Waals surface area contributed by atoms with E-state index < -0.39 is 0 Å². The minimum Gasteiger partial charge on any atom is -0.357 e. The molecule has 3 aromatic rings. The van der Waals surface area contributed by atoms with Crippen molar-refractivity contribution in [2.24, 2.45) is 0 Å². The second-order valence-corrected chi connectivity index (χ2v) is 5.21. The Hall–Kier alpha value is -3.16. The third-order valence-corrected chi connectivity index (χ3v) is 3.19. The quantitative estimate of drug-likeness (QED) is 0.681. The highest BCUT2D eigenvalue weighted by Gasteiger charge is 2.10. The van der Waals surface area contributed by atoms with E-state index in [2.05, 4.69) is 25.8 Å². The Bertz CT molecular complexity index is 879. The number of nitrogens with zero attached hydrogens (tertiary/aromatic N) is 3. The Labute approximate surface area is 131 Å². The lowest BCUT2D eigenvalue weighted by molar-refractivity contribution is -0.117. The van der Waals surface area contributed by atoms with Crippen molar-refractivity contribution < 1.29 is 9.59 Å². The summed E-state index contributed by atoms with van der Waals surface area (Å²) < 4.78 is 0. The molecule has 0 saturated carbocycles. The summed E-state index contributed by atoms with van der Waals surface area (Å²) in [5.41, 5.74) is 2.61. The summed E-state index contributed by atoms with van der Waals surface area (Å²) in [4.78, 5) is 27.5. The molecule has 0 atom stereocenters. The van der Waals surface area contributed by atoms with E-state index in [-0.39, 0.29) is 18.4 Å². The number of para-hydroxylation sites is 1. The molecule has 0 spiro atoms. The zero-order valence-corrected chi connectivity index (χ0v) is 12.8. The minimum absolute atomic E-state index is 0.0460. The highest BCUT2D eigenvalue weighted by molar-refractivity contribution is 6.00. The number of H-pyrrole nitrogens is 1. The molecule has 0 unspecified atom stereocenters. The number of hydrogen-bond acceptors (Lipinski definition) is 4. The third kappa shape index (κ3) is 3.37. The van der Waals surface area contributed by atoms with Crippen LogP contribution in [0, 0.1) is 6.92 Å². The number of aryl methyl sites for hydroxylation is 1. The van der Waals surface area contributed by atoms with Gasteiger partial charge in [0.25, 0.3) is 0 Å². The molecule has 8 nitrogen and oxygen atoms in total. The molecular weight excluding hydrogens is 296 g/mol. The fourth-order valence-corrected chi connectivity index (χ4v) is 2.33. The van der Waals surface area contributed by atoms with Gasteiger partial charge in [-0.2, -0.15) is 9.90 Å². The van der Waals surface area contributed by atoms with E-state index in [9.17, 15) is 9.59 Å². The van der Waals surface area contributed by atoms with Gasteiger partial charge >= 0.3 is 0 Å². The summed E-state index contributed by atoms with van der Waals surface area (Å²) >= 11 is 0. The molecule has 0 aliphatic heterocycles. The summed E-state index contributed by atoms with van der Waals surface area (Å²) in [6, 6.07) is 7.70. The van der Waals surface area contributed by atoms with Gasteiger partial charge in [0.05, 0.1) is 17.4 Å². The Morgan fingerprint density at radius 2 is 2.13 bits per heavy atom. The summed E-state index contributed by atoms with van der Waals surface area (Å²) in [6.07, 6.45) is 1.39. The number of fused-ring (bicyclic) bond motifs is 1. The number of rotatable bonds is 4. The van der Waals surface area contributed by atoms with Crippen LogP contribution in [0.4, 0.5) is 11.5 Å². The first-order valence-corrected chi connectivity index (χ1v) is 7.07. The molecule has 3 N–H and O–H groups in total. The number of carbonyl (C=O) groups excluding carboxylic acids is 2. The maximum absolute atomic E-state index is 12.2. The number of benzene rings is 1. The van der Waals surface area contributed by atoms with E-state index >= 15 is 0 Å². The third-order valence-electron chi connectivity index (χ3n) is 3.19. The van der Waals surface area contributed by atoms with Gasteiger partial charge in [-0.3, -0.25) is 9.59 Å². The maximum Gasteiger partial charge on any atom is 0.248 e. The molecule has 0 fully saturated rings. The largest absolute Gasteiger partial charge is 0.357 e. The van der Waals surface area contributed by atoms with E-state index in [1.54, 1.807) is 0 Å². The Kier molecular flexibility index (Phi) is 3.80. The van der Waals surface area contributed by atoms with Crippen LogP contribution < -0.4 is 10.6 Å². The molecule has 0 saturated heterocycles. The first-order valence-electron chi connectivity index (χ1n) is 7.07.